The van der Waals surface area contributed by atoms with E-state index in [0.717, 1.165) is 18.4 Å². The number of nitrogens with zero attached hydrogens (tertiary/aromatic N) is 1. The van der Waals surface area contributed by atoms with Crippen LogP contribution in [0.15, 0.2) is 36.2 Å². The molecule has 0 aliphatic carbocycles. The Labute approximate surface area is 185 Å². The first-order chi connectivity index (χ1) is 14.6. The van der Waals surface area contributed by atoms with Crippen LogP contribution in [0.5, 0.6) is 0 Å². The molecule has 0 amide bonds. The topological polar surface area (TPSA) is 39.2 Å². The van der Waals surface area contributed by atoms with Gasteiger partial charge in [0, 0.05) is 18.0 Å². The first kappa shape index (κ1) is 26.4. The van der Waals surface area contributed by atoms with Gasteiger partial charge in [-0.05, 0) is 44.4 Å². The van der Waals surface area contributed by atoms with Gasteiger partial charge in [-0.2, -0.15) is 0 Å². The second-order valence-corrected chi connectivity index (χ2v) is 8.60. The number of carbonyl (C=O) groups is 1. The lowest BCUT2D eigenvalue weighted by atomic mass is 10.0. The zero-order valence-electron chi connectivity index (χ0n) is 19.8. The van der Waals surface area contributed by atoms with E-state index in [1.165, 1.54) is 83.5 Å². The lowest BCUT2D eigenvalue weighted by Gasteiger charge is -2.13. The van der Waals surface area contributed by atoms with Crippen LogP contribution in [0.2, 0.25) is 0 Å². The van der Waals surface area contributed by atoms with Crippen molar-refractivity contribution < 1.29 is 9.53 Å². The highest BCUT2D eigenvalue weighted by molar-refractivity contribution is 5.87. The summed E-state index contributed by atoms with van der Waals surface area (Å²) < 4.78 is 5.54. The van der Waals surface area contributed by atoms with Crippen molar-refractivity contribution in [3.8, 4) is 0 Å². The van der Waals surface area contributed by atoms with Crippen LogP contribution in [0.25, 0.3) is 0 Å². The highest BCUT2D eigenvalue weighted by Gasteiger charge is 2.12. The summed E-state index contributed by atoms with van der Waals surface area (Å²) in [6.07, 6.45) is 25.3. The molecule has 0 N–H and O–H groups in total. The van der Waals surface area contributed by atoms with Gasteiger partial charge in [0.1, 0.15) is 6.10 Å². The Morgan fingerprint density at radius 2 is 1.33 bits per heavy atom. The average molecular weight is 416 g/mol. The van der Waals surface area contributed by atoms with Gasteiger partial charge < -0.3 is 4.74 Å². The number of aromatic nitrogens is 1. The molecule has 1 aromatic heterocycles. The smallest absolute Gasteiger partial charge is 0.333 e. The summed E-state index contributed by atoms with van der Waals surface area (Å²) in [5.41, 5.74) is 1.68. The fourth-order valence-electron chi connectivity index (χ4n) is 3.70. The SMILES string of the molecule is CCCCCCCCCCCCCCCC/C=C(\C)C(=O)OC(C)c1ccncc1. The fourth-order valence-corrected chi connectivity index (χ4v) is 3.70. The molecule has 0 fully saturated rings. The van der Waals surface area contributed by atoms with Crippen molar-refractivity contribution in [2.75, 3.05) is 0 Å². The molecule has 1 unspecified atom stereocenters. The number of carbonyl (C=O) groups excluding carboxylic acids is 1. The van der Waals surface area contributed by atoms with Crippen molar-refractivity contribution in [1.29, 1.82) is 0 Å². The minimum absolute atomic E-state index is 0.218. The molecular weight excluding hydrogens is 370 g/mol. The average Bonchev–Trinajstić information content (AvgIpc) is 2.76. The Morgan fingerprint density at radius 1 is 0.867 bits per heavy atom. The van der Waals surface area contributed by atoms with Crippen LogP contribution in [0.3, 0.4) is 0 Å². The molecule has 30 heavy (non-hydrogen) atoms. The third kappa shape index (κ3) is 13.6. The number of hydrogen-bond donors (Lipinski definition) is 0. The number of allylic oxidation sites excluding steroid dienone is 1. The van der Waals surface area contributed by atoms with Crippen molar-refractivity contribution in [3.63, 3.8) is 0 Å². The molecule has 1 aromatic rings. The second-order valence-electron chi connectivity index (χ2n) is 8.60. The molecule has 0 aliphatic rings. The van der Waals surface area contributed by atoms with Gasteiger partial charge in [-0.1, -0.05) is 96.5 Å². The lowest BCUT2D eigenvalue weighted by molar-refractivity contribution is -0.143. The van der Waals surface area contributed by atoms with E-state index in [1.54, 1.807) is 12.4 Å². The summed E-state index contributed by atoms with van der Waals surface area (Å²) in [5.74, 6) is -0.218. The molecule has 3 nitrogen and oxygen atoms in total. The molecule has 0 aliphatic heterocycles. The van der Waals surface area contributed by atoms with E-state index in [-0.39, 0.29) is 12.1 Å². The van der Waals surface area contributed by atoms with Crippen molar-refractivity contribution >= 4 is 5.97 Å². The molecular formula is C27H45NO2. The standard InChI is InChI=1S/C27H45NO2/c1-4-5-6-7-8-9-10-11-12-13-14-15-16-17-18-19-24(2)27(29)30-25(3)26-20-22-28-23-21-26/h19-23,25H,4-18H2,1-3H3/b24-19+. The summed E-state index contributed by atoms with van der Waals surface area (Å²) >= 11 is 0. The Hall–Kier alpha value is -1.64. The van der Waals surface area contributed by atoms with E-state index in [2.05, 4.69) is 11.9 Å². The molecule has 1 rings (SSSR count). The summed E-state index contributed by atoms with van der Waals surface area (Å²) in [6.45, 7) is 6.03. The fraction of sp³-hybridized carbons (Fsp3) is 0.704. The zero-order valence-corrected chi connectivity index (χ0v) is 19.8. The third-order valence-electron chi connectivity index (χ3n) is 5.79. The normalized spacial score (nSPS) is 12.7. The van der Waals surface area contributed by atoms with Crippen LogP contribution in [0, 0.1) is 0 Å². The zero-order chi connectivity index (χ0) is 21.9. The molecule has 0 saturated heterocycles. The van der Waals surface area contributed by atoms with Gasteiger partial charge in [-0.15, -0.1) is 0 Å². The van der Waals surface area contributed by atoms with Gasteiger partial charge in [0.25, 0.3) is 0 Å². The molecule has 0 saturated carbocycles. The van der Waals surface area contributed by atoms with Crippen LogP contribution < -0.4 is 0 Å². The van der Waals surface area contributed by atoms with Gasteiger partial charge in [-0.3, -0.25) is 4.98 Å². The molecule has 0 aromatic carbocycles. The van der Waals surface area contributed by atoms with Crippen LogP contribution in [0.1, 0.15) is 129 Å². The van der Waals surface area contributed by atoms with Crippen molar-refractivity contribution in [2.24, 2.45) is 0 Å². The molecule has 0 spiro atoms. The van der Waals surface area contributed by atoms with E-state index < -0.39 is 0 Å². The Balaban J connectivity index is 1.96. The summed E-state index contributed by atoms with van der Waals surface area (Å²) in [6, 6.07) is 3.76. The van der Waals surface area contributed by atoms with Crippen LogP contribution >= 0.6 is 0 Å². The Kier molecular flexibility index (Phi) is 16.0. The summed E-state index contributed by atoms with van der Waals surface area (Å²) in [4.78, 5) is 16.2. The highest BCUT2D eigenvalue weighted by Crippen LogP contribution is 2.18. The van der Waals surface area contributed by atoms with Crippen LogP contribution in [0.4, 0.5) is 0 Å². The van der Waals surface area contributed by atoms with Gasteiger partial charge in [0.15, 0.2) is 0 Å². The first-order valence-electron chi connectivity index (χ1n) is 12.4. The maximum Gasteiger partial charge on any atom is 0.333 e. The molecule has 0 radical (unpaired) electrons. The van der Waals surface area contributed by atoms with E-state index >= 15 is 0 Å². The van der Waals surface area contributed by atoms with Crippen molar-refractivity contribution in [1.82, 2.24) is 4.98 Å². The number of hydrogen-bond acceptors (Lipinski definition) is 3. The van der Waals surface area contributed by atoms with Crippen LogP contribution in [-0.4, -0.2) is 11.0 Å². The molecule has 1 heterocycles. The quantitative estimate of drug-likeness (QED) is 0.137. The molecule has 0 bridgehead atoms. The second kappa shape index (κ2) is 18.2. The van der Waals surface area contributed by atoms with E-state index in [0.29, 0.717) is 5.57 Å². The Bertz CT molecular complexity index is 567. The minimum Gasteiger partial charge on any atom is -0.454 e. The monoisotopic (exact) mass is 415 g/mol. The maximum atomic E-state index is 12.2. The van der Waals surface area contributed by atoms with Crippen molar-refractivity contribution in [2.45, 2.75) is 123 Å². The van der Waals surface area contributed by atoms with E-state index in [4.69, 9.17) is 4.74 Å². The van der Waals surface area contributed by atoms with Crippen molar-refractivity contribution in [3.05, 3.63) is 41.7 Å². The van der Waals surface area contributed by atoms with Gasteiger partial charge >= 0.3 is 5.97 Å². The molecule has 1 atom stereocenters. The van der Waals surface area contributed by atoms with Crippen LogP contribution in [-0.2, 0) is 9.53 Å². The minimum atomic E-state index is -0.245. The number of ether oxygens (including phenoxy) is 1. The van der Waals surface area contributed by atoms with E-state index in [1.807, 2.05) is 32.1 Å². The number of rotatable bonds is 18. The predicted molar refractivity (Wildman–Crippen MR) is 127 cm³/mol. The Morgan fingerprint density at radius 3 is 1.83 bits per heavy atom. The third-order valence-corrected chi connectivity index (χ3v) is 5.79. The predicted octanol–water partition coefficient (Wildman–Crippen LogP) is 8.50. The maximum absolute atomic E-state index is 12.2. The largest absolute Gasteiger partial charge is 0.454 e. The van der Waals surface area contributed by atoms with Gasteiger partial charge in [0.05, 0.1) is 0 Å². The summed E-state index contributed by atoms with van der Waals surface area (Å²) in [7, 11) is 0. The number of unbranched alkanes of at least 4 members (excludes halogenated alkanes) is 14. The number of esters is 1. The summed E-state index contributed by atoms with van der Waals surface area (Å²) in [5, 5.41) is 0. The lowest BCUT2D eigenvalue weighted by Crippen LogP contribution is -2.09. The first-order valence-corrected chi connectivity index (χ1v) is 12.4. The highest BCUT2D eigenvalue weighted by atomic mass is 16.5. The van der Waals surface area contributed by atoms with E-state index in [9.17, 15) is 4.79 Å². The molecule has 3 heteroatoms. The number of pyridine rings is 1. The van der Waals surface area contributed by atoms with Gasteiger partial charge in [-0.25, -0.2) is 4.79 Å². The van der Waals surface area contributed by atoms with Gasteiger partial charge in [0.2, 0.25) is 0 Å². The molecule has 170 valence electrons.